The Morgan fingerprint density at radius 1 is 1.21 bits per heavy atom. The van der Waals surface area contributed by atoms with E-state index in [4.69, 9.17) is 9.47 Å². The fourth-order valence-electron chi connectivity index (χ4n) is 4.00. The molecule has 1 fully saturated rings. The van der Waals surface area contributed by atoms with Crippen LogP contribution in [0.5, 0.6) is 0 Å². The number of Topliss-reactive ketones (excluding diaryl/α,β-unsaturated/α-hetero) is 1. The second kappa shape index (κ2) is 9.95. The summed E-state index contributed by atoms with van der Waals surface area (Å²) in [7, 11) is 0. The number of ether oxygens (including phenoxy) is 2. The van der Waals surface area contributed by atoms with E-state index in [1.54, 1.807) is 18.2 Å². The zero-order chi connectivity index (χ0) is 23.4. The van der Waals surface area contributed by atoms with E-state index in [2.05, 4.69) is 14.9 Å². The molecule has 0 spiro atoms. The van der Waals surface area contributed by atoms with Gasteiger partial charge in [-0.3, -0.25) is 4.79 Å². The van der Waals surface area contributed by atoms with Crippen LogP contribution in [0.15, 0.2) is 48.7 Å². The van der Waals surface area contributed by atoms with Crippen molar-refractivity contribution in [1.82, 2.24) is 9.55 Å². The minimum absolute atomic E-state index is 0.109. The Bertz CT molecular complexity index is 1170. The molecule has 2 aromatic heterocycles. The zero-order valence-electron chi connectivity index (χ0n) is 18.6. The number of benzene rings is 1. The number of ketones is 1. The predicted octanol–water partition coefficient (Wildman–Crippen LogP) is 4.60. The van der Waals surface area contributed by atoms with E-state index in [1.165, 1.54) is 24.4 Å². The molecule has 1 aliphatic rings. The standard InChI is InChI=1S/C25H26FN3O4/c1-16-13-20(17(2)29(16)14-18-7-6-12-32-18)23(30)15-33-25(31)19-8-5-11-27-24(19)28-22-10-4-3-9-21(22)26/h3-5,8-11,13,18H,6-7,12,14-15H2,1-2H3,(H,27,28). The molecule has 33 heavy (non-hydrogen) atoms. The van der Waals surface area contributed by atoms with Crippen LogP contribution in [0, 0.1) is 19.7 Å². The number of nitrogens with one attached hydrogen (secondary N) is 1. The van der Waals surface area contributed by atoms with Crippen LogP contribution in [-0.2, 0) is 16.0 Å². The molecule has 1 N–H and O–H groups in total. The molecule has 0 saturated carbocycles. The molecule has 0 bridgehead atoms. The van der Waals surface area contributed by atoms with Crippen molar-refractivity contribution in [3.8, 4) is 0 Å². The number of rotatable bonds is 8. The minimum Gasteiger partial charge on any atom is -0.454 e. The number of para-hydroxylation sites is 1. The van der Waals surface area contributed by atoms with Gasteiger partial charge in [-0.25, -0.2) is 14.2 Å². The summed E-state index contributed by atoms with van der Waals surface area (Å²) in [5.41, 5.74) is 2.60. The van der Waals surface area contributed by atoms with E-state index in [-0.39, 0.29) is 29.0 Å². The number of carbonyl (C=O) groups is 2. The number of hydrogen-bond donors (Lipinski definition) is 1. The molecule has 8 heteroatoms. The van der Waals surface area contributed by atoms with E-state index in [1.807, 2.05) is 19.9 Å². The van der Waals surface area contributed by atoms with E-state index in [0.717, 1.165) is 30.8 Å². The maximum atomic E-state index is 14.0. The van der Waals surface area contributed by atoms with Gasteiger partial charge in [0.1, 0.15) is 17.2 Å². The third-order valence-corrected chi connectivity index (χ3v) is 5.77. The first-order chi connectivity index (χ1) is 15.9. The fourth-order valence-corrected chi connectivity index (χ4v) is 4.00. The average Bonchev–Trinajstić information content (AvgIpc) is 3.43. The van der Waals surface area contributed by atoms with Gasteiger partial charge in [0.15, 0.2) is 6.61 Å². The number of anilines is 2. The van der Waals surface area contributed by atoms with E-state index >= 15 is 0 Å². The molecule has 0 radical (unpaired) electrons. The fraction of sp³-hybridized carbons (Fsp3) is 0.320. The summed E-state index contributed by atoms with van der Waals surface area (Å²) in [4.78, 5) is 29.6. The van der Waals surface area contributed by atoms with Gasteiger partial charge in [0, 0.05) is 36.3 Å². The highest BCUT2D eigenvalue weighted by Crippen LogP contribution is 2.23. The molecule has 1 aromatic carbocycles. The molecule has 3 heterocycles. The van der Waals surface area contributed by atoms with Crippen LogP contribution in [0.3, 0.4) is 0 Å². The van der Waals surface area contributed by atoms with Crippen molar-refractivity contribution >= 4 is 23.3 Å². The lowest BCUT2D eigenvalue weighted by Crippen LogP contribution is -2.18. The highest BCUT2D eigenvalue weighted by molar-refractivity contribution is 6.01. The van der Waals surface area contributed by atoms with Crippen LogP contribution >= 0.6 is 0 Å². The van der Waals surface area contributed by atoms with Gasteiger partial charge in [0.25, 0.3) is 0 Å². The van der Waals surface area contributed by atoms with Crippen LogP contribution < -0.4 is 5.32 Å². The Morgan fingerprint density at radius 2 is 2.03 bits per heavy atom. The van der Waals surface area contributed by atoms with Gasteiger partial charge in [0.2, 0.25) is 5.78 Å². The third kappa shape index (κ3) is 5.12. The van der Waals surface area contributed by atoms with Gasteiger partial charge >= 0.3 is 5.97 Å². The van der Waals surface area contributed by atoms with Crippen molar-refractivity contribution in [2.45, 2.75) is 39.3 Å². The number of pyridine rings is 1. The lowest BCUT2D eigenvalue weighted by Gasteiger charge is -2.15. The van der Waals surface area contributed by atoms with E-state index < -0.39 is 18.4 Å². The SMILES string of the molecule is Cc1cc(C(=O)COC(=O)c2cccnc2Nc2ccccc2F)c(C)n1CC1CCCO1. The smallest absolute Gasteiger partial charge is 0.342 e. The number of aryl methyl sites for hydroxylation is 1. The summed E-state index contributed by atoms with van der Waals surface area (Å²) in [6.07, 6.45) is 3.69. The number of nitrogens with zero attached hydrogens (tertiary/aromatic N) is 2. The van der Waals surface area contributed by atoms with Crippen molar-refractivity contribution < 1.29 is 23.5 Å². The number of halogens is 1. The molecular formula is C25H26FN3O4. The van der Waals surface area contributed by atoms with Crippen LogP contribution in [0.2, 0.25) is 0 Å². The summed E-state index contributed by atoms with van der Waals surface area (Å²) in [5, 5.41) is 2.81. The van der Waals surface area contributed by atoms with Gasteiger partial charge < -0.3 is 19.4 Å². The quantitative estimate of drug-likeness (QED) is 0.398. The summed E-state index contributed by atoms with van der Waals surface area (Å²) in [6.45, 7) is 4.89. The minimum atomic E-state index is -0.719. The highest BCUT2D eigenvalue weighted by Gasteiger charge is 2.22. The normalized spacial score (nSPS) is 15.4. The molecule has 7 nitrogen and oxygen atoms in total. The molecule has 0 aliphatic carbocycles. The number of hydrogen-bond acceptors (Lipinski definition) is 6. The summed E-state index contributed by atoms with van der Waals surface area (Å²) < 4.78 is 27.1. The molecule has 0 amide bonds. The van der Waals surface area contributed by atoms with Crippen molar-refractivity contribution in [2.75, 3.05) is 18.5 Å². The first-order valence-electron chi connectivity index (χ1n) is 10.9. The Balaban J connectivity index is 1.43. The Labute approximate surface area is 191 Å². The van der Waals surface area contributed by atoms with Gasteiger partial charge in [-0.1, -0.05) is 12.1 Å². The second-order valence-electron chi connectivity index (χ2n) is 8.03. The lowest BCUT2D eigenvalue weighted by molar-refractivity contribution is 0.0475. The maximum Gasteiger partial charge on any atom is 0.342 e. The van der Waals surface area contributed by atoms with Crippen LogP contribution in [0.1, 0.15) is 44.9 Å². The van der Waals surface area contributed by atoms with E-state index in [0.29, 0.717) is 12.1 Å². The number of carbonyl (C=O) groups excluding carboxylic acids is 2. The second-order valence-corrected chi connectivity index (χ2v) is 8.03. The molecule has 4 rings (SSSR count). The Kier molecular flexibility index (Phi) is 6.84. The largest absolute Gasteiger partial charge is 0.454 e. The van der Waals surface area contributed by atoms with Gasteiger partial charge in [0.05, 0.1) is 11.8 Å². The van der Waals surface area contributed by atoms with Crippen LogP contribution in [-0.4, -0.2) is 40.6 Å². The molecular weight excluding hydrogens is 425 g/mol. The van der Waals surface area contributed by atoms with Gasteiger partial charge in [-0.15, -0.1) is 0 Å². The van der Waals surface area contributed by atoms with Gasteiger partial charge in [-0.2, -0.15) is 0 Å². The monoisotopic (exact) mass is 451 g/mol. The van der Waals surface area contributed by atoms with Crippen molar-refractivity contribution in [3.05, 3.63) is 77.0 Å². The van der Waals surface area contributed by atoms with Gasteiger partial charge in [-0.05, 0) is 57.0 Å². The Morgan fingerprint density at radius 3 is 2.79 bits per heavy atom. The van der Waals surface area contributed by atoms with Crippen LogP contribution in [0.25, 0.3) is 0 Å². The first-order valence-corrected chi connectivity index (χ1v) is 10.9. The molecule has 3 aromatic rings. The summed E-state index contributed by atoms with van der Waals surface area (Å²) in [6, 6.07) is 11.0. The topological polar surface area (TPSA) is 82.5 Å². The number of esters is 1. The highest BCUT2D eigenvalue weighted by atomic mass is 19.1. The van der Waals surface area contributed by atoms with Crippen molar-refractivity contribution in [3.63, 3.8) is 0 Å². The van der Waals surface area contributed by atoms with E-state index in [9.17, 15) is 14.0 Å². The molecule has 1 saturated heterocycles. The first kappa shape index (κ1) is 22.7. The zero-order valence-corrected chi connectivity index (χ0v) is 18.6. The molecule has 1 atom stereocenters. The summed E-state index contributed by atoms with van der Waals surface area (Å²) >= 11 is 0. The van der Waals surface area contributed by atoms with Crippen molar-refractivity contribution in [1.29, 1.82) is 0 Å². The molecule has 172 valence electrons. The van der Waals surface area contributed by atoms with Crippen LogP contribution in [0.4, 0.5) is 15.9 Å². The summed E-state index contributed by atoms with van der Waals surface area (Å²) in [5.74, 6) is -1.34. The lowest BCUT2D eigenvalue weighted by atomic mass is 10.1. The van der Waals surface area contributed by atoms with Crippen molar-refractivity contribution in [2.24, 2.45) is 0 Å². The third-order valence-electron chi connectivity index (χ3n) is 5.77. The molecule has 1 unspecified atom stereocenters. The average molecular weight is 451 g/mol. The number of aromatic nitrogens is 2. The molecule has 1 aliphatic heterocycles. The Hall–Kier alpha value is -3.52. The maximum absolute atomic E-state index is 14.0. The predicted molar refractivity (Wildman–Crippen MR) is 121 cm³/mol.